The van der Waals surface area contributed by atoms with E-state index in [1.54, 1.807) is 7.11 Å². The maximum Gasteiger partial charge on any atom is 0.220 e. The molecule has 2 aromatic heterocycles. The first-order chi connectivity index (χ1) is 14.1. The Hall–Kier alpha value is -3.41. The van der Waals surface area contributed by atoms with Crippen LogP contribution in [0.1, 0.15) is 28.9 Å². The van der Waals surface area contributed by atoms with Crippen LogP contribution < -0.4 is 10.1 Å². The molecule has 0 aliphatic rings. The molecule has 148 valence electrons. The van der Waals surface area contributed by atoms with Crippen LogP contribution in [0.25, 0.3) is 16.6 Å². The molecule has 6 nitrogen and oxygen atoms in total. The van der Waals surface area contributed by atoms with Crippen LogP contribution in [0.15, 0.2) is 48.5 Å². The second kappa shape index (κ2) is 7.91. The molecule has 0 spiro atoms. The van der Waals surface area contributed by atoms with Crippen LogP contribution >= 0.6 is 0 Å². The Morgan fingerprint density at radius 3 is 2.69 bits per heavy atom. The molecule has 0 aliphatic heterocycles. The number of fused-ring (bicyclic) bond motifs is 3. The fourth-order valence-electron chi connectivity index (χ4n) is 3.71. The van der Waals surface area contributed by atoms with E-state index in [2.05, 4.69) is 10.4 Å². The second-order valence-corrected chi connectivity index (χ2v) is 7.10. The summed E-state index contributed by atoms with van der Waals surface area (Å²) in [6, 6.07) is 15.7. The lowest BCUT2D eigenvalue weighted by molar-refractivity contribution is -0.121. The lowest BCUT2D eigenvalue weighted by Gasteiger charge is -2.12. The summed E-state index contributed by atoms with van der Waals surface area (Å²) in [5.74, 6) is 0.778. The van der Waals surface area contributed by atoms with Crippen molar-refractivity contribution in [3.05, 3.63) is 71.0 Å². The third kappa shape index (κ3) is 3.66. The van der Waals surface area contributed by atoms with E-state index in [9.17, 15) is 4.79 Å². The molecule has 0 radical (unpaired) electrons. The summed E-state index contributed by atoms with van der Waals surface area (Å²) < 4.78 is 7.22. The standard InChI is InChI=1S/C23H24N4O2/c1-15-18(12-13-22(28)24-14-17-8-4-7-11-21(17)29-3)16(2)27-23(25-15)19-9-5-6-10-20(19)26-27/h4-11H,12-14H2,1-3H3,(H,24,28). The number of nitrogens with zero attached hydrogens (tertiary/aromatic N) is 3. The number of carbonyl (C=O) groups is 1. The Morgan fingerprint density at radius 1 is 1.10 bits per heavy atom. The Kier molecular flexibility index (Phi) is 5.16. The molecule has 4 rings (SSSR count). The molecule has 0 unspecified atom stereocenters. The minimum absolute atomic E-state index is 0.000398. The maximum atomic E-state index is 12.4. The average molecular weight is 388 g/mol. The number of carbonyl (C=O) groups excluding carboxylic acids is 1. The predicted octanol–water partition coefficient (Wildman–Crippen LogP) is 3.76. The summed E-state index contributed by atoms with van der Waals surface area (Å²) in [7, 11) is 1.63. The highest BCUT2D eigenvalue weighted by Gasteiger charge is 2.15. The molecule has 0 bridgehead atoms. The van der Waals surface area contributed by atoms with Crippen molar-refractivity contribution in [1.82, 2.24) is 19.9 Å². The van der Waals surface area contributed by atoms with Gasteiger partial charge in [-0.1, -0.05) is 30.3 Å². The number of methoxy groups -OCH3 is 1. The van der Waals surface area contributed by atoms with Crippen LogP contribution in [0.3, 0.4) is 0 Å². The summed E-state index contributed by atoms with van der Waals surface area (Å²) >= 11 is 0. The highest BCUT2D eigenvalue weighted by molar-refractivity contribution is 5.92. The van der Waals surface area contributed by atoms with Gasteiger partial charge in [0.05, 0.1) is 12.6 Å². The van der Waals surface area contributed by atoms with Crippen molar-refractivity contribution in [2.45, 2.75) is 33.2 Å². The zero-order valence-electron chi connectivity index (χ0n) is 16.9. The van der Waals surface area contributed by atoms with Crippen molar-refractivity contribution in [3.8, 4) is 5.75 Å². The predicted molar refractivity (Wildman–Crippen MR) is 113 cm³/mol. The Bertz CT molecular complexity index is 1200. The smallest absolute Gasteiger partial charge is 0.220 e. The highest BCUT2D eigenvalue weighted by atomic mass is 16.5. The van der Waals surface area contributed by atoms with E-state index in [0.717, 1.165) is 44.8 Å². The first-order valence-electron chi connectivity index (χ1n) is 9.70. The normalized spacial score (nSPS) is 11.1. The van der Waals surface area contributed by atoms with Gasteiger partial charge >= 0.3 is 0 Å². The SMILES string of the molecule is COc1ccccc1CNC(=O)CCc1c(C)nc2c3ccccc3nn2c1C. The van der Waals surface area contributed by atoms with E-state index in [4.69, 9.17) is 9.72 Å². The number of hydrogen-bond donors (Lipinski definition) is 1. The van der Waals surface area contributed by atoms with Crippen LogP contribution in [0.4, 0.5) is 0 Å². The van der Waals surface area contributed by atoms with E-state index in [-0.39, 0.29) is 5.91 Å². The van der Waals surface area contributed by atoms with E-state index < -0.39 is 0 Å². The average Bonchev–Trinajstić information content (AvgIpc) is 3.11. The van der Waals surface area contributed by atoms with E-state index >= 15 is 0 Å². The van der Waals surface area contributed by atoms with E-state index in [1.807, 2.05) is 66.9 Å². The summed E-state index contributed by atoms with van der Waals surface area (Å²) in [6.45, 7) is 4.48. The molecular weight excluding hydrogens is 364 g/mol. The highest BCUT2D eigenvalue weighted by Crippen LogP contribution is 2.23. The van der Waals surface area contributed by atoms with Gasteiger partial charge in [-0.25, -0.2) is 9.50 Å². The number of amides is 1. The Labute approximate surface area is 169 Å². The van der Waals surface area contributed by atoms with Crippen LogP contribution in [0.5, 0.6) is 5.75 Å². The van der Waals surface area contributed by atoms with E-state index in [0.29, 0.717) is 19.4 Å². The van der Waals surface area contributed by atoms with Crippen LogP contribution in [-0.4, -0.2) is 27.6 Å². The van der Waals surface area contributed by atoms with Crippen molar-refractivity contribution >= 4 is 22.5 Å². The molecule has 0 saturated heterocycles. The molecule has 0 saturated carbocycles. The molecule has 1 amide bonds. The first-order valence-corrected chi connectivity index (χ1v) is 9.70. The van der Waals surface area contributed by atoms with Gasteiger partial charge < -0.3 is 10.1 Å². The van der Waals surface area contributed by atoms with Gasteiger partial charge in [0.1, 0.15) is 5.75 Å². The third-order valence-corrected chi connectivity index (χ3v) is 5.29. The maximum absolute atomic E-state index is 12.4. The van der Waals surface area contributed by atoms with Gasteiger partial charge in [0.2, 0.25) is 5.91 Å². The molecule has 0 aliphatic carbocycles. The van der Waals surface area contributed by atoms with Crippen molar-refractivity contribution in [2.75, 3.05) is 7.11 Å². The number of benzene rings is 2. The van der Waals surface area contributed by atoms with Crippen LogP contribution in [-0.2, 0) is 17.8 Å². The number of nitrogens with one attached hydrogen (secondary N) is 1. The van der Waals surface area contributed by atoms with Crippen molar-refractivity contribution in [3.63, 3.8) is 0 Å². The summed E-state index contributed by atoms with van der Waals surface area (Å²) in [6.07, 6.45) is 1.01. The van der Waals surface area contributed by atoms with Crippen molar-refractivity contribution in [1.29, 1.82) is 0 Å². The third-order valence-electron chi connectivity index (χ3n) is 5.29. The van der Waals surface area contributed by atoms with Crippen molar-refractivity contribution < 1.29 is 9.53 Å². The largest absolute Gasteiger partial charge is 0.496 e. The molecule has 29 heavy (non-hydrogen) atoms. The topological polar surface area (TPSA) is 68.5 Å². The van der Waals surface area contributed by atoms with E-state index in [1.165, 1.54) is 0 Å². The molecule has 2 aromatic carbocycles. The summed E-state index contributed by atoms with van der Waals surface area (Å²) in [5, 5.41) is 8.70. The second-order valence-electron chi connectivity index (χ2n) is 7.10. The molecule has 2 heterocycles. The molecule has 0 atom stereocenters. The van der Waals surface area contributed by atoms with Gasteiger partial charge in [0, 0.05) is 35.3 Å². The number of rotatable bonds is 6. The van der Waals surface area contributed by atoms with Gasteiger partial charge in [-0.15, -0.1) is 0 Å². The summed E-state index contributed by atoms with van der Waals surface area (Å²) in [4.78, 5) is 17.2. The molecule has 6 heteroatoms. The molecule has 0 fully saturated rings. The van der Waals surface area contributed by atoms with Gasteiger partial charge in [-0.2, -0.15) is 5.10 Å². The quantitative estimate of drug-likeness (QED) is 0.546. The zero-order chi connectivity index (χ0) is 20.4. The Morgan fingerprint density at radius 2 is 1.86 bits per heavy atom. The summed E-state index contributed by atoms with van der Waals surface area (Å²) in [5.41, 5.74) is 5.79. The van der Waals surface area contributed by atoms with Crippen LogP contribution in [0.2, 0.25) is 0 Å². The lowest BCUT2D eigenvalue weighted by atomic mass is 10.1. The minimum Gasteiger partial charge on any atom is -0.496 e. The first kappa shape index (κ1) is 18.9. The van der Waals surface area contributed by atoms with Gasteiger partial charge in [-0.05, 0) is 44.0 Å². The van der Waals surface area contributed by atoms with Gasteiger partial charge in [0.15, 0.2) is 5.65 Å². The fraction of sp³-hybridized carbons (Fsp3) is 0.261. The molecule has 1 N–H and O–H groups in total. The van der Waals surface area contributed by atoms with Gasteiger partial charge in [0.25, 0.3) is 0 Å². The minimum atomic E-state index is 0.000398. The zero-order valence-corrected chi connectivity index (χ0v) is 16.9. The number of para-hydroxylation sites is 1. The van der Waals surface area contributed by atoms with Gasteiger partial charge in [-0.3, -0.25) is 4.79 Å². The molecule has 4 aromatic rings. The molecular formula is C23H24N4O2. The Balaban J connectivity index is 1.49. The lowest BCUT2D eigenvalue weighted by Crippen LogP contribution is -2.23. The number of aromatic nitrogens is 3. The fourth-order valence-corrected chi connectivity index (χ4v) is 3.71. The monoisotopic (exact) mass is 388 g/mol. The number of hydrogen-bond acceptors (Lipinski definition) is 4. The number of ether oxygens (including phenoxy) is 1. The number of aryl methyl sites for hydroxylation is 2. The van der Waals surface area contributed by atoms with Crippen molar-refractivity contribution in [2.24, 2.45) is 0 Å². The van der Waals surface area contributed by atoms with Crippen LogP contribution in [0, 0.1) is 13.8 Å².